The molecule has 2 amide bonds. The topological polar surface area (TPSA) is 46.6 Å². The van der Waals surface area contributed by atoms with Crippen LogP contribution in [0, 0.1) is 5.92 Å². The molecule has 98 valence electrons. The third-order valence-electron chi connectivity index (χ3n) is 2.25. The molecule has 1 aliphatic rings. The molecule has 0 aliphatic carbocycles. The molecule has 0 aromatic rings. The highest BCUT2D eigenvalue weighted by molar-refractivity contribution is 9.09. The molecule has 1 fully saturated rings. The number of imide groups is 1. The zero-order chi connectivity index (χ0) is 13.4. The fourth-order valence-electron chi connectivity index (χ4n) is 1.39. The van der Waals surface area contributed by atoms with E-state index in [4.69, 9.17) is 4.74 Å². The van der Waals surface area contributed by atoms with Crippen LogP contribution in [-0.2, 0) is 9.53 Å². The predicted octanol–water partition coefficient (Wildman–Crippen LogP) is 2.41. The van der Waals surface area contributed by atoms with Crippen LogP contribution in [-0.4, -0.2) is 40.3 Å². The van der Waals surface area contributed by atoms with Gasteiger partial charge in [0.1, 0.15) is 5.60 Å². The quantitative estimate of drug-likeness (QED) is 0.698. The maximum Gasteiger partial charge on any atom is 0.417 e. The molecule has 0 aromatic carbocycles. The molecular formula is C10H14BrF2NO3. The van der Waals surface area contributed by atoms with Crippen LogP contribution < -0.4 is 0 Å². The van der Waals surface area contributed by atoms with Crippen LogP contribution in [0.25, 0.3) is 0 Å². The summed E-state index contributed by atoms with van der Waals surface area (Å²) in [6.45, 7) is 4.48. The van der Waals surface area contributed by atoms with Crippen LogP contribution in [0.3, 0.4) is 0 Å². The maximum absolute atomic E-state index is 13.4. The number of nitrogens with zero attached hydrogens (tertiary/aromatic N) is 1. The molecule has 0 bridgehead atoms. The zero-order valence-electron chi connectivity index (χ0n) is 9.80. The SMILES string of the molecule is CC(C)(C)OC(=O)N1C[C@H](CBr)C(F)(F)C1=O. The molecule has 0 saturated carbocycles. The van der Waals surface area contributed by atoms with Crippen LogP contribution in [0.1, 0.15) is 20.8 Å². The van der Waals surface area contributed by atoms with Crippen LogP contribution >= 0.6 is 15.9 Å². The average Bonchev–Trinajstić information content (AvgIpc) is 2.36. The Hall–Kier alpha value is -0.720. The largest absolute Gasteiger partial charge is 0.443 e. The summed E-state index contributed by atoms with van der Waals surface area (Å²) in [7, 11) is 0. The summed E-state index contributed by atoms with van der Waals surface area (Å²) in [6.07, 6.45) is -1.02. The zero-order valence-corrected chi connectivity index (χ0v) is 11.4. The van der Waals surface area contributed by atoms with Crippen molar-refractivity contribution in [2.24, 2.45) is 5.92 Å². The van der Waals surface area contributed by atoms with E-state index in [-0.39, 0.29) is 11.9 Å². The van der Waals surface area contributed by atoms with Gasteiger partial charge in [-0.2, -0.15) is 8.78 Å². The summed E-state index contributed by atoms with van der Waals surface area (Å²) < 4.78 is 31.7. The lowest BCUT2D eigenvalue weighted by Gasteiger charge is -2.23. The number of carbonyl (C=O) groups excluding carboxylic acids is 2. The standard InChI is InChI=1S/C10H14BrF2NO3/c1-9(2,3)17-8(16)14-5-6(4-11)10(12,13)7(14)15/h6H,4-5H2,1-3H3/t6-/m0/s1. The molecule has 7 heteroatoms. The van der Waals surface area contributed by atoms with Gasteiger partial charge in [-0.15, -0.1) is 0 Å². The van der Waals surface area contributed by atoms with Gasteiger partial charge < -0.3 is 4.74 Å². The summed E-state index contributed by atoms with van der Waals surface area (Å²) >= 11 is 2.91. The summed E-state index contributed by atoms with van der Waals surface area (Å²) in [5.74, 6) is -6.21. The fourth-order valence-corrected chi connectivity index (χ4v) is 2.00. The van der Waals surface area contributed by atoms with Gasteiger partial charge in [0.05, 0.1) is 5.92 Å². The maximum atomic E-state index is 13.4. The number of hydrogen-bond acceptors (Lipinski definition) is 3. The van der Waals surface area contributed by atoms with E-state index in [1.165, 1.54) is 0 Å². The van der Waals surface area contributed by atoms with Crippen molar-refractivity contribution in [1.82, 2.24) is 4.90 Å². The van der Waals surface area contributed by atoms with Crippen molar-refractivity contribution in [1.29, 1.82) is 0 Å². The molecule has 1 aliphatic heterocycles. The van der Waals surface area contributed by atoms with Gasteiger partial charge in [-0.05, 0) is 20.8 Å². The Morgan fingerprint density at radius 1 is 1.59 bits per heavy atom. The molecule has 0 N–H and O–H groups in total. The van der Waals surface area contributed by atoms with E-state index >= 15 is 0 Å². The lowest BCUT2D eigenvalue weighted by Crippen LogP contribution is -2.41. The van der Waals surface area contributed by atoms with Gasteiger partial charge in [-0.3, -0.25) is 4.79 Å². The Bertz CT molecular complexity index is 341. The molecule has 1 heterocycles. The number of rotatable bonds is 1. The minimum Gasteiger partial charge on any atom is -0.443 e. The lowest BCUT2D eigenvalue weighted by molar-refractivity contribution is -0.149. The number of amides is 2. The molecular weight excluding hydrogens is 300 g/mol. The Balaban J connectivity index is 2.82. The highest BCUT2D eigenvalue weighted by Gasteiger charge is 2.58. The molecule has 1 saturated heterocycles. The molecule has 0 aromatic heterocycles. The molecule has 0 unspecified atom stereocenters. The number of hydrogen-bond donors (Lipinski definition) is 0. The number of ether oxygens (including phenoxy) is 1. The second-order valence-corrected chi connectivity index (χ2v) is 5.52. The summed E-state index contributed by atoms with van der Waals surface area (Å²) in [6, 6.07) is 0. The van der Waals surface area contributed by atoms with Gasteiger partial charge in [-0.25, -0.2) is 9.69 Å². The first-order chi connectivity index (χ1) is 7.59. The molecule has 1 atom stereocenters. The first-order valence-corrected chi connectivity index (χ1v) is 6.20. The first kappa shape index (κ1) is 14.3. The fraction of sp³-hybridized carbons (Fsp3) is 0.800. The van der Waals surface area contributed by atoms with Gasteiger partial charge >= 0.3 is 17.9 Å². The number of carbonyl (C=O) groups is 2. The summed E-state index contributed by atoms with van der Waals surface area (Å²) in [5, 5.41) is -0.0506. The van der Waals surface area contributed by atoms with E-state index in [1.54, 1.807) is 20.8 Å². The van der Waals surface area contributed by atoms with Gasteiger partial charge in [0.2, 0.25) is 0 Å². The summed E-state index contributed by atoms with van der Waals surface area (Å²) in [5.41, 5.74) is -0.820. The average molecular weight is 314 g/mol. The molecule has 0 radical (unpaired) electrons. The Kier molecular flexibility index (Phi) is 3.81. The Morgan fingerprint density at radius 2 is 2.12 bits per heavy atom. The van der Waals surface area contributed by atoms with Crippen LogP contribution in [0.4, 0.5) is 13.6 Å². The van der Waals surface area contributed by atoms with Gasteiger partial charge in [0, 0.05) is 11.9 Å². The lowest BCUT2D eigenvalue weighted by atomic mass is 10.1. The van der Waals surface area contributed by atoms with E-state index in [2.05, 4.69) is 15.9 Å². The van der Waals surface area contributed by atoms with E-state index in [1.807, 2.05) is 0 Å². The van der Waals surface area contributed by atoms with Crippen molar-refractivity contribution < 1.29 is 23.1 Å². The third-order valence-corrected chi connectivity index (χ3v) is 3.03. The first-order valence-electron chi connectivity index (χ1n) is 5.08. The van der Waals surface area contributed by atoms with Crippen molar-refractivity contribution >= 4 is 27.9 Å². The Labute approximate surface area is 106 Å². The van der Waals surface area contributed by atoms with E-state index in [0.717, 1.165) is 0 Å². The number of halogens is 3. The van der Waals surface area contributed by atoms with Crippen LogP contribution in [0.2, 0.25) is 0 Å². The number of alkyl halides is 3. The smallest absolute Gasteiger partial charge is 0.417 e. The molecule has 0 spiro atoms. The van der Waals surface area contributed by atoms with E-state index in [9.17, 15) is 18.4 Å². The normalized spacial score (nSPS) is 24.0. The van der Waals surface area contributed by atoms with Gasteiger partial charge in [0.25, 0.3) is 0 Å². The second kappa shape index (κ2) is 4.51. The molecule has 1 rings (SSSR count). The predicted molar refractivity (Wildman–Crippen MR) is 60.2 cm³/mol. The van der Waals surface area contributed by atoms with Gasteiger partial charge in [0.15, 0.2) is 0 Å². The van der Waals surface area contributed by atoms with Crippen LogP contribution in [0.5, 0.6) is 0 Å². The van der Waals surface area contributed by atoms with Crippen LogP contribution in [0.15, 0.2) is 0 Å². The van der Waals surface area contributed by atoms with Crippen molar-refractivity contribution in [2.75, 3.05) is 11.9 Å². The minimum absolute atomic E-state index is 0.0506. The molecule has 4 nitrogen and oxygen atoms in total. The minimum atomic E-state index is -3.51. The van der Waals surface area contributed by atoms with E-state index < -0.39 is 29.4 Å². The van der Waals surface area contributed by atoms with Gasteiger partial charge in [-0.1, -0.05) is 15.9 Å². The monoisotopic (exact) mass is 313 g/mol. The van der Waals surface area contributed by atoms with Crippen molar-refractivity contribution in [3.05, 3.63) is 0 Å². The van der Waals surface area contributed by atoms with Crippen molar-refractivity contribution in [3.8, 4) is 0 Å². The summed E-state index contributed by atoms with van der Waals surface area (Å²) in [4.78, 5) is 23.4. The highest BCUT2D eigenvalue weighted by atomic mass is 79.9. The van der Waals surface area contributed by atoms with E-state index in [0.29, 0.717) is 4.90 Å². The third kappa shape index (κ3) is 2.94. The number of likely N-dealkylation sites (tertiary alicyclic amines) is 1. The molecule has 17 heavy (non-hydrogen) atoms. The van der Waals surface area contributed by atoms with Crippen molar-refractivity contribution in [2.45, 2.75) is 32.3 Å². The second-order valence-electron chi connectivity index (χ2n) is 4.87. The Morgan fingerprint density at radius 3 is 2.47 bits per heavy atom. The van der Waals surface area contributed by atoms with Crippen molar-refractivity contribution in [3.63, 3.8) is 0 Å². The highest BCUT2D eigenvalue weighted by Crippen LogP contribution is 2.36.